The molecule has 1 unspecified atom stereocenters. The van der Waals surface area contributed by atoms with Crippen molar-refractivity contribution in [1.29, 1.82) is 0 Å². The summed E-state index contributed by atoms with van der Waals surface area (Å²) >= 11 is 2.84. The van der Waals surface area contributed by atoms with Gasteiger partial charge in [-0.25, -0.2) is 4.98 Å². The molecule has 2 aromatic heterocycles. The quantitative estimate of drug-likeness (QED) is 0.215. The number of ether oxygens (including phenoxy) is 1. The summed E-state index contributed by atoms with van der Waals surface area (Å²) in [5, 5.41) is 13.1. The maximum atomic E-state index is 12.8. The van der Waals surface area contributed by atoms with Gasteiger partial charge in [-0.2, -0.15) is 0 Å². The van der Waals surface area contributed by atoms with Crippen molar-refractivity contribution in [3.8, 4) is 17.0 Å². The van der Waals surface area contributed by atoms with E-state index in [1.54, 1.807) is 0 Å². The summed E-state index contributed by atoms with van der Waals surface area (Å²) in [6, 6.07) is 18.2. The zero-order valence-electron chi connectivity index (χ0n) is 22.1. The van der Waals surface area contributed by atoms with Gasteiger partial charge in [0.2, 0.25) is 5.91 Å². The van der Waals surface area contributed by atoms with Gasteiger partial charge in [0.15, 0.2) is 22.2 Å². The van der Waals surface area contributed by atoms with Crippen molar-refractivity contribution in [3.05, 3.63) is 70.9 Å². The molecule has 37 heavy (non-hydrogen) atoms. The molecule has 7 nitrogen and oxygen atoms in total. The molecule has 0 bridgehead atoms. The Morgan fingerprint density at radius 3 is 2.43 bits per heavy atom. The lowest BCUT2D eigenvalue weighted by atomic mass is 10.0. The molecule has 0 fully saturated rings. The standard InChI is InChI=1S/C28H33N5O2S2/c1-17(2)22-14-10-11-15-23(22)35-19(5)26-31-32-28(33(26)18(3)4)36-16-24(34)29-27-30-25(20(6)37-27)21-12-8-7-9-13-21/h7-15,17-19H,16H2,1-6H3,(H,29,30,34). The van der Waals surface area contributed by atoms with Crippen molar-refractivity contribution in [2.24, 2.45) is 0 Å². The first kappa shape index (κ1) is 26.9. The van der Waals surface area contributed by atoms with Gasteiger partial charge in [0, 0.05) is 16.5 Å². The maximum Gasteiger partial charge on any atom is 0.236 e. The van der Waals surface area contributed by atoms with E-state index in [0.29, 0.717) is 16.2 Å². The average molecular weight is 536 g/mol. The number of hydrogen-bond acceptors (Lipinski definition) is 7. The van der Waals surface area contributed by atoms with Gasteiger partial charge in [-0.15, -0.1) is 21.5 Å². The van der Waals surface area contributed by atoms with Crippen LogP contribution in [0.4, 0.5) is 5.13 Å². The Morgan fingerprint density at radius 1 is 1.03 bits per heavy atom. The highest BCUT2D eigenvalue weighted by molar-refractivity contribution is 7.99. The summed E-state index contributed by atoms with van der Waals surface area (Å²) in [6.07, 6.45) is -0.298. The van der Waals surface area contributed by atoms with E-state index in [2.05, 4.69) is 54.3 Å². The molecule has 0 radical (unpaired) electrons. The lowest BCUT2D eigenvalue weighted by molar-refractivity contribution is -0.113. The number of carbonyl (C=O) groups excluding carboxylic acids is 1. The third-order valence-corrected chi connectivity index (χ3v) is 7.67. The Morgan fingerprint density at radius 2 is 1.73 bits per heavy atom. The van der Waals surface area contributed by atoms with E-state index in [0.717, 1.165) is 33.3 Å². The van der Waals surface area contributed by atoms with Gasteiger partial charge in [0.05, 0.1) is 11.4 Å². The number of aryl methyl sites for hydroxylation is 1. The second kappa shape index (κ2) is 11.9. The molecule has 1 atom stereocenters. The van der Waals surface area contributed by atoms with E-state index in [9.17, 15) is 4.79 Å². The minimum atomic E-state index is -0.298. The number of amides is 1. The van der Waals surface area contributed by atoms with Crippen LogP contribution in [0.2, 0.25) is 0 Å². The summed E-state index contributed by atoms with van der Waals surface area (Å²) in [4.78, 5) is 18.5. The number of aromatic nitrogens is 4. The molecule has 0 saturated carbocycles. The number of carbonyl (C=O) groups is 1. The lowest BCUT2D eigenvalue weighted by Gasteiger charge is -2.21. The van der Waals surface area contributed by atoms with Crippen LogP contribution in [0.15, 0.2) is 59.8 Å². The van der Waals surface area contributed by atoms with Gasteiger partial charge in [-0.3, -0.25) is 4.79 Å². The van der Waals surface area contributed by atoms with Crippen molar-refractivity contribution >= 4 is 34.1 Å². The smallest absolute Gasteiger partial charge is 0.236 e. The molecule has 0 spiro atoms. The summed E-state index contributed by atoms with van der Waals surface area (Å²) in [7, 11) is 0. The molecular formula is C28H33N5O2S2. The fraction of sp³-hybridized carbons (Fsp3) is 0.357. The van der Waals surface area contributed by atoms with Crippen LogP contribution >= 0.6 is 23.1 Å². The number of benzene rings is 2. The SMILES string of the molecule is Cc1sc(NC(=O)CSc2nnc(C(C)Oc3ccccc3C(C)C)n2C(C)C)nc1-c1ccccc1. The number of rotatable bonds is 10. The number of anilines is 1. The molecule has 194 valence electrons. The summed E-state index contributed by atoms with van der Waals surface area (Å²) in [5.41, 5.74) is 3.09. The van der Waals surface area contributed by atoms with E-state index in [-0.39, 0.29) is 23.8 Å². The van der Waals surface area contributed by atoms with E-state index < -0.39 is 0 Å². The Bertz CT molecular complexity index is 1350. The van der Waals surface area contributed by atoms with Crippen molar-refractivity contribution < 1.29 is 9.53 Å². The van der Waals surface area contributed by atoms with Crippen LogP contribution in [0.3, 0.4) is 0 Å². The van der Waals surface area contributed by atoms with Gasteiger partial charge >= 0.3 is 0 Å². The third-order valence-electron chi connectivity index (χ3n) is 5.84. The molecule has 2 aromatic carbocycles. The number of thioether (sulfide) groups is 1. The topological polar surface area (TPSA) is 81.9 Å². The molecule has 0 aliphatic carbocycles. The van der Waals surface area contributed by atoms with Crippen LogP contribution in [0, 0.1) is 6.92 Å². The van der Waals surface area contributed by atoms with E-state index >= 15 is 0 Å². The molecule has 0 aliphatic rings. The molecule has 0 aliphatic heterocycles. The first-order valence-electron chi connectivity index (χ1n) is 12.4. The predicted molar refractivity (Wildman–Crippen MR) is 152 cm³/mol. The number of nitrogens with one attached hydrogen (secondary N) is 1. The molecular weight excluding hydrogens is 502 g/mol. The molecule has 9 heteroatoms. The van der Waals surface area contributed by atoms with Gasteiger partial charge < -0.3 is 14.6 Å². The highest BCUT2D eigenvalue weighted by Gasteiger charge is 2.23. The maximum absolute atomic E-state index is 12.8. The second-order valence-corrected chi connectivity index (χ2v) is 11.5. The predicted octanol–water partition coefficient (Wildman–Crippen LogP) is 7.29. The number of thiazole rings is 1. The normalized spacial score (nSPS) is 12.2. The Balaban J connectivity index is 1.43. The Kier molecular flexibility index (Phi) is 8.66. The van der Waals surface area contributed by atoms with Gasteiger partial charge in [-0.05, 0) is 45.2 Å². The zero-order chi connectivity index (χ0) is 26.5. The molecule has 4 aromatic rings. The van der Waals surface area contributed by atoms with Crippen LogP contribution in [-0.4, -0.2) is 31.4 Å². The van der Waals surface area contributed by atoms with Crippen molar-refractivity contribution in [2.45, 2.75) is 64.8 Å². The fourth-order valence-corrected chi connectivity index (χ4v) is 5.78. The summed E-state index contributed by atoms with van der Waals surface area (Å²) in [5.74, 6) is 2.01. The molecule has 1 N–H and O–H groups in total. The highest BCUT2D eigenvalue weighted by Crippen LogP contribution is 2.33. The molecule has 4 rings (SSSR count). The summed E-state index contributed by atoms with van der Waals surface area (Å²) in [6.45, 7) is 12.5. The fourth-order valence-electron chi connectivity index (χ4n) is 4.06. The first-order valence-corrected chi connectivity index (χ1v) is 14.2. The minimum Gasteiger partial charge on any atom is -0.482 e. The van der Waals surface area contributed by atoms with Gasteiger partial charge in [0.25, 0.3) is 0 Å². The largest absolute Gasteiger partial charge is 0.482 e. The van der Waals surface area contributed by atoms with Gasteiger partial charge in [-0.1, -0.05) is 74.1 Å². The van der Waals surface area contributed by atoms with E-state index in [1.165, 1.54) is 23.1 Å². The second-order valence-electron chi connectivity index (χ2n) is 9.38. The van der Waals surface area contributed by atoms with E-state index in [4.69, 9.17) is 4.74 Å². The van der Waals surface area contributed by atoms with Crippen molar-refractivity contribution in [3.63, 3.8) is 0 Å². The number of nitrogens with zero attached hydrogens (tertiary/aromatic N) is 4. The molecule has 1 amide bonds. The minimum absolute atomic E-state index is 0.108. The molecule has 0 saturated heterocycles. The van der Waals surface area contributed by atoms with Crippen LogP contribution in [0.5, 0.6) is 5.75 Å². The average Bonchev–Trinajstić information content (AvgIpc) is 3.47. The number of hydrogen-bond donors (Lipinski definition) is 1. The third kappa shape index (κ3) is 6.40. The Hall–Kier alpha value is -3.17. The van der Waals surface area contributed by atoms with Crippen LogP contribution in [-0.2, 0) is 4.79 Å². The zero-order valence-corrected chi connectivity index (χ0v) is 23.7. The first-order chi connectivity index (χ1) is 17.7. The van der Waals surface area contributed by atoms with Crippen LogP contribution in [0.1, 0.15) is 68.9 Å². The van der Waals surface area contributed by atoms with Crippen molar-refractivity contribution in [2.75, 3.05) is 11.1 Å². The van der Waals surface area contributed by atoms with Gasteiger partial charge in [0.1, 0.15) is 5.75 Å². The summed E-state index contributed by atoms with van der Waals surface area (Å²) < 4.78 is 8.38. The molecule has 2 heterocycles. The number of para-hydroxylation sites is 1. The monoisotopic (exact) mass is 535 g/mol. The Labute approximate surface area is 226 Å². The van der Waals surface area contributed by atoms with E-state index in [1.807, 2.05) is 66.9 Å². The lowest BCUT2D eigenvalue weighted by Crippen LogP contribution is -2.17. The highest BCUT2D eigenvalue weighted by atomic mass is 32.2. The van der Waals surface area contributed by atoms with Crippen LogP contribution in [0.25, 0.3) is 11.3 Å². The van der Waals surface area contributed by atoms with Crippen molar-refractivity contribution in [1.82, 2.24) is 19.7 Å². The van der Waals surface area contributed by atoms with Crippen LogP contribution < -0.4 is 10.1 Å².